The van der Waals surface area contributed by atoms with Gasteiger partial charge in [0.25, 0.3) is 0 Å². The van der Waals surface area contributed by atoms with Crippen LogP contribution in [0.5, 0.6) is 0 Å². The number of carbonyl (C=O) groups is 2. The molecule has 0 N–H and O–H groups in total. The molecule has 2 bridgehead atoms. The van der Waals surface area contributed by atoms with E-state index in [0.717, 1.165) is 11.1 Å². The van der Waals surface area contributed by atoms with E-state index >= 15 is 0 Å². The Morgan fingerprint density at radius 2 is 1.80 bits per heavy atom. The van der Waals surface area contributed by atoms with Gasteiger partial charge in [-0.05, 0) is 23.1 Å². The number of carbonyl (C=O) groups excluding carboxylic acids is 2. The lowest BCUT2D eigenvalue weighted by molar-refractivity contribution is -0.207. The molecule has 2 fully saturated rings. The molecule has 0 aromatic heterocycles. The summed E-state index contributed by atoms with van der Waals surface area (Å²) < 4.78 is 12.5. The standard InChI is InChI=1S/C21H22O4/c1-19(2,3)15-9-10-17(23)20(13-15)18-16(22)11-12-21(24-18,25-20)14-7-5-4-6-8-14/h4-10,13,18H,11-12H2,1-3H3. The Labute approximate surface area is 147 Å². The molecule has 2 aliphatic heterocycles. The average molecular weight is 338 g/mol. The molecule has 25 heavy (non-hydrogen) atoms. The SMILES string of the molecule is CC(C)(C)C1=CC2(OC3(c4ccccc4)CCC(=O)C2O3)C(=O)C=C1. The van der Waals surface area contributed by atoms with Gasteiger partial charge in [0.2, 0.25) is 0 Å². The molecule has 1 aromatic carbocycles. The zero-order valence-corrected chi connectivity index (χ0v) is 14.7. The number of fused-ring (bicyclic) bond motifs is 3. The van der Waals surface area contributed by atoms with Gasteiger partial charge in [-0.15, -0.1) is 0 Å². The van der Waals surface area contributed by atoms with Gasteiger partial charge in [0.1, 0.15) is 0 Å². The summed E-state index contributed by atoms with van der Waals surface area (Å²) >= 11 is 0. The number of ketones is 2. The molecule has 0 saturated carbocycles. The maximum absolute atomic E-state index is 12.9. The third-order valence-corrected chi connectivity index (χ3v) is 5.27. The molecule has 0 amide bonds. The Bertz CT molecular complexity index is 799. The Kier molecular flexibility index (Phi) is 3.44. The van der Waals surface area contributed by atoms with Gasteiger partial charge in [-0.25, -0.2) is 0 Å². The van der Waals surface area contributed by atoms with Gasteiger partial charge >= 0.3 is 0 Å². The first-order valence-electron chi connectivity index (χ1n) is 8.69. The lowest BCUT2D eigenvalue weighted by atomic mass is 9.76. The van der Waals surface area contributed by atoms with Crippen molar-refractivity contribution in [3.63, 3.8) is 0 Å². The summed E-state index contributed by atoms with van der Waals surface area (Å²) in [6, 6.07) is 9.58. The quantitative estimate of drug-likeness (QED) is 0.787. The second-order valence-corrected chi connectivity index (χ2v) is 8.03. The van der Waals surface area contributed by atoms with Gasteiger partial charge in [0.05, 0.1) is 0 Å². The predicted octanol–water partition coefficient (Wildman–Crippen LogP) is 3.47. The molecular weight excluding hydrogens is 316 g/mol. The van der Waals surface area contributed by atoms with E-state index in [1.165, 1.54) is 6.08 Å². The number of ether oxygens (including phenoxy) is 2. The molecule has 2 heterocycles. The van der Waals surface area contributed by atoms with Crippen LogP contribution in [0.3, 0.4) is 0 Å². The Hall–Kier alpha value is -2.04. The van der Waals surface area contributed by atoms with Crippen LogP contribution < -0.4 is 0 Å². The fourth-order valence-corrected chi connectivity index (χ4v) is 3.82. The molecule has 4 nitrogen and oxygen atoms in total. The van der Waals surface area contributed by atoms with Gasteiger partial charge in [0, 0.05) is 18.4 Å². The highest BCUT2D eigenvalue weighted by atomic mass is 16.8. The van der Waals surface area contributed by atoms with Crippen molar-refractivity contribution in [2.24, 2.45) is 5.41 Å². The monoisotopic (exact) mass is 338 g/mol. The number of hydrogen-bond donors (Lipinski definition) is 0. The molecule has 2 saturated heterocycles. The molecule has 1 aromatic rings. The van der Waals surface area contributed by atoms with Crippen LogP contribution >= 0.6 is 0 Å². The van der Waals surface area contributed by atoms with E-state index in [1.54, 1.807) is 0 Å². The first kappa shape index (κ1) is 16.4. The topological polar surface area (TPSA) is 52.6 Å². The van der Waals surface area contributed by atoms with Gasteiger partial charge in [-0.1, -0.05) is 57.2 Å². The Morgan fingerprint density at radius 3 is 2.48 bits per heavy atom. The minimum Gasteiger partial charge on any atom is -0.331 e. The van der Waals surface area contributed by atoms with Crippen molar-refractivity contribution in [1.29, 1.82) is 0 Å². The van der Waals surface area contributed by atoms with Crippen molar-refractivity contribution in [3.8, 4) is 0 Å². The van der Waals surface area contributed by atoms with E-state index in [-0.39, 0.29) is 17.0 Å². The molecule has 4 heteroatoms. The van der Waals surface area contributed by atoms with Gasteiger partial charge in [-0.2, -0.15) is 0 Å². The molecule has 1 spiro atoms. The molecular formula is C21H22O4. The second-order valence-electron chi connectivity index (χ2n) is 8.03. The van der Waals surface area contributed by atoms with Gasteiger partial charge in [-0.3, -0.25) is 9.59 Å². The van der Waals surface area contributed by atoms with Crippen LogP contribution in [-0.4, -0.2) is 23.3 Å². The summed E-state index contributed by atoms with van der Waals surface area (Å²) in [7, 11) is 0. The lowest BCUT2D eigenvalue weighted by Gasteiger charge is -2.33. The van der Waals surface area contributed by atoms with E-state index in [0.29, 0.717) is 12.8 Å². The number of hydrogen-bond acceptors (Lipinski definition) is 4. The number of allylic oxidation sites excluding steroid dienone is 2. The Morgan fingerprint density at radius 1 is 1.08 bits per heavy atom. The maximum Gasteiger partial charge on any atom is 0.197 e. The van der Waals surface area contributed by atoms with Crippen LogP contribution in [0.25, 0.3) is 0 Å². The predicted molar refractivity (Wildman–Crippen MR) is 92.7 cm³/mol. The fraction of sp³-hybridized carbons (Fsp3) is 0.429. The highest BCUT2D eigenvalue weighted by Crippen LogP contribution is 2.52. The normalized spacial score (nSPS) is 34.5. The molecule has 4 rings (SSSR count). The number of Topliss-reactive ketones (excluding diaryl/α,β-unsaturated/α-hetero) is 1. The van der Waals surface area contributed by atoms with Crippen LogP contribution in [0.1, 0.15) is 39.2 Å². The minimum atomic E-state index is -1.36. The van der Waals surface area contributed by atoms with Crippen molar-refractivity contribution in [2.45, 2.75) is 51.1 Å². The summed E-state index contributed by atoms with van der Waals surface area (Å²) in [6.07, 6.45) is 5.03. The van der Waals surface area contributed by atoms with Gasteiger partial charge in [0.15, 0.2) is 29.1 Å². The maximum atomic E-state index is 12.9. The first-order chi connectivity index (χ1) is 11.8. The summed E-state index contributed by atoms with van der Waals surface area (Å²) in [5, 5.41) is 0. The average Bonchev–Trinajstić information content (AvgIpc) is 2.86. The van der Waals surface area contributed by atoms with Gasteiger partial charge < -0.3 is 9.47 Å². The largest absolute Gasteiger partial charge is 0.331 e. The molecule has 0 radical (unpaired) electrons. The van der Waals surface area contributed by atoms with E-state index in [1.807, 2.05) is 42.5 Å². The number of benzene rings is 1. The zero-order valence-electron chi connectivity index (χ0n) is 14.7. The lowest BCUT2D eigenvalue weighted by Crippen LogP contribution is -2.50. The second kappa shape index (κ2) is 5.23. The van der Waals surface area contributed by atoms with E-state index in [4.69, 9.17) is 9.47 Å². The minimum absolute atomic E-state index is 0.0720. The summed E-state index contributed by atoms with van der Waals surface area (Å²) in [5.74, 6) is -1.34. The van der Waals surface area contributed by atoms with Crippen LogP contribution in [0, 0.1) is 5.41 Å². The van der Waals surface area contributed by atoms with E-state index in [2.05, 4.69) is 20.8 Å². The highest BCUT2D eigenvalue weighted by Gasteiger charge is 2.65. The van der Waals surface area contributed by atoms with E-state index < -0.39 is 17.5 Å². The summed E-state index contributed by atoms with van der Waals surface area (Å²) in [5.41, 5.74) is 0.297. The molecule has 130 valence electrons. The van der Waals surface area contributed by atoms with Crippen LogP contribution in [0.15, 0.2) is 54.1 Å². The van der Waals surface area contributed by atoms with Crippen molar-refractivity contribution in [3.05, 3.63) is 59.7 Å². The molecule has 1 aliphatic carbocycles. The zero-order chi connectivity index (χ0) is 17.9. The van der Waals surface area contributed by atoms with Crippen LogP contribution in [0.4, 0.5) is 0 Å². The van der Waals surface area contributed by atoms with Crippen LogP contribution in [0.2, 0.25) is 0 Å². The summed E-state index contributed by atoms with van der Waals surface area (Å²) in [6.45, 7) is 6.22. The highest BCUT2D eigenvalue weighted by molar-refractivity contribution is 6.06. The van der Waals surface area contributed by atoms with Crippen molar-refractivity contribution in [1.82, 2.24) is 0 Å². The first-order valence-corrected chi connectivity index (χ1v) is 8.69. The molecule has 3 atom stereocenters. The Balaban J connectivity index is 1.85. The third kappa shape index (κ3) is 2.35. The molecule has 3 unspecified atom stereocenters. The van der Waals surface area contributed by atoms with Crippen molar-refractivity contribution in [2.75, 3.05) is 0 Å². The third-order valence-electron chi connectivity index (χ3n) is 5.27. The number of rotatable bonds is 1. The molecule has 3 aliphatic rings. The van der Waals surface area contributed by atoms with Crippen molar-refractivity contribution >= 4 is 11.6 Å². The fourth-order valence-electron chi connectivity index (χ4n) is 3.82. The van der Waals surface area contributed by atoms with Crippen molar-refractivity contribution < 1.29 is 19.1 Å². The summed E-state index contributed by atoms with van der Waals surface area (Å²) in [4.78, 5) is 25.5. The van der Waals surface area contributed by atoms with Crippen LogP contribution in [-0.2, 0) is 24.8 Å². The van der Waals surface area contributed by atoms with E-state index in [9.17, 15) is 9.59 Å². The smallest absolute Gasteiger partial charge is 0.197 e.